The Hall–Kier alpha value is -4.81. The van der Waals surface area contributed by atoms with Crippen molar-refractivity contribution < 1.29 is 13.9 Å². The van der Waals surface area contributed by atoms with Crippen molar-refractivity contribution in [1.29, 1.82) is 0 Å². The van der Waals surface area contributed by atoms with E-state index in [1.54, 1.807) is 15.3 Å². The Kier molecular flexibility index (Phi) is 8.98. The van der Waals surface area contributed by atoms with E-state index in [1.807, 2.05) is 67.1 Å². The van der Waals surface area contributed by atoms with E-state index in [9.17, 15) is 9.18 Å². The number of halogens is 1. The van der Waals surface area contributed by atoms with Crippen molar-refractivity contribution in [3.05, 3.63) is 112 Å². The minimum atomic E-state index is -1.27. The lowest BCUT2D eigenvalue weighted by Gasteiger charge is -2.20. The molecule has 1 atom stereocenters. The van der Waals surface area contributed by atoms with Crippen LogP contribution in [0.25, 0.3) is 22.2 Å². The Balaban J connectivity index is 1.43. The van der Waals surface area contributed by atoms with Gasteiger partial charge in [-0.2, -0.15) is 5.10 Å². The predicted octanol–water partition coefficient (Wildman–Crippen LogP) is 6.76. The van der Waals surface area contributed by atoms with E-state index < -0.39 is 14.1 Å². The van der Waals surface area contributed by atoms with Gasteiger partial charge in [0.2, 0.25) is 0 Å². The molecule has 10 nitrogen and oxygen atoms in total. The molecule has 0 bridgehead atoms. The van der Waals surface area contributed by atoms with Gasteiger partial charge >= 0.3 is 0 Å². The minimum Gasteiger partial charge on any atom is -0.497 e. The molecule has 0 aliphatic rings. The van der Waals surface area contributed by atoms with Gasteiger partial charge in [0.25, 0.3) is 5.56 Å². The summed E-state index contributed by atoms with van der Waals surface area (Å²) < 4.78 is 31.2. The molecule has 0 spiro atoms. The Morgan fingerprint density at radius 2 is 1.85 bits per heavy atom. The third-order valence-electron chi connectivity index (χ3n) is 8.19. The summed E-state index contributed by atoms with van der Waals surface area (Å²) in [5, 5.41) is 9.22. The average molecular weight is 654 g/mol. The summed E-state index contributed by atoms with van der Waals surface area (Å²) in [4.78, 5) is 23.2. The van der Waals surface area contributed by atoms with E-state index in [2.05, 4.69) is 34.9 Å². The van der Waals surface area contributed by atoms with Gasteiger partial charge in [0.15, 0.2) is 5.82 Å². The number of anilines is 1. The maximum atomic E-state index is 14.5. The minimum absolute atomic E-state index is 0.160. The zero-order valence-corrected chi connectivity index (χ0v) is 28.6. The summed E-state index contributed by atoms with van der Waals surface area (Å²) in [5.74, 6) is 1.16. The number of hydrogen-bond acceptors (Lipinski definition) is 7. The quantitative estimate of drug-likeness (QED) is 0.115. The number of ether oxygens (including phenoxy) is 2. The summed E-state index contributed by atoms with van der Waals surface area (Å²) >= 11 is 0. The van der Waals surface area contributed by atoms with Crippen molar-refractivity contribution in [2.45, 2.75) is 58.7 Å². The zero-order chi connectivity index (χ0) is 33.3. The smallest absolute Gasteiger partial charge is 0.282 e. The summed E-state index contributed by atoms with van der Waals surface area (Å²) in [5.41, 5.74) is 4.25. The van der Waals surface area contributed by atoms with Gasteiger partial charge in [-0.15, -0.1) is 0 Å². The molecule has 0 aliphatic carbocycles. The molecule has 0 amide bonds. The van der Waals surface area contributed by atoms with Crippen molar-refractivity contribution in [2.24, 2.45) is 0 Å². The van der Waals surface area contributed by atoms with Crippen LogP contribution in [-0.2, 0) is 17.9 Å². The van der Waals surface area contributed by atoms with Crippen LogP contribution >= 0.6 is 0 Å². The molecule has 47 heavy (non-hydrogen) atoms. The SMILES string of the molecule is COc1cc(F)cc(Cc2cn(COCC[Si](C)(C)C)c3ncnc(NC(C)c4nn5ccc(C)c5c(=O)n4-c4ccccc4)c23)c1. The number of hydrogen-bond donors (Lipinski definition) is 1. The molecule has 6 aromatic rings. The van der Waals surface area contributed by atoms with Gasteiger partial charge in [-0.25, -0.2) is 18.9 Å². The van der Waals surface area contributed by atoms with E-state index in [0.717, 1.165) is 28.1 Å². The molecule has 0 saturated heterocycles. The highest BCUT2D eigenvalue weighted by molar-refractivity contribution is 6.76. The molecule has 2 aromatic carbocycles. The van der Waals surface area contributed by atoms with Crippen LogP contribution in [-0.4, -0.2) is 50.5 Å². The van der Waals surface area contributed by atoms with Crippen LogP contribution in [0.1, 0.15) is 35.5 Å². The van der Waals surface area contributed by atoms with Crippen molar-refractivity contribution in [2.75, 3.05) is 19.0 Å². The lowest BCUT2D eigenvalue weighted by Crippen LogP contribution is -2.29. The fourth-order valence-electron chi connectivity index (χ4n) is 5.76. The van der Waals surface area contributed by atoms with E-state index in [-0.39, 0.29) is 11.4 Å². The molecular weight excluding hydrogens is 614 g/mol. The highest BCUT2D eigenvalue weighted by atomic mass is 28.3. The molecule has 0 saturated carbocycles. The lowest BCUT2D eigenvalue weighted by molar-refractivity contribution is 0.0898. The normalized spacial score (nSPS) is 12.6. The van der Waals surface area contributed by atoms with E-state index >= 15 is 0 Å². The molecule has 6 rings (SSSR count). The molecule has 12 heteroatoms. The van der Waals surface area contributed by atoms with Crippen LogP contribution in [0.4, 0.5) is 10.2 Å². The van der Waals surface area contributed by atoms with Crippen molar-refractivity contribution in [3.8, 4) is 11.4 Å². The summed E-state index contributed by atoms with van der Waals surface area (Å²) in [7, 11) is 0.255. The number of aromatic nitrogens is 6. The van der Waals surface area contributed by atoms with Gasteiger partial charge in [0.1, 0.15) is 41.6 Å². The van der Waals surface area contributed by atoms with Crippen molar-refractivity contribution in [1.82, 2.24) is 28.7 Å². The fourth-order valence-corrected chi connectivity index (χ4v) is 6.51. The topological polar surface area (TPSA) is 100 Å². The second kappa shape index (κ2) is 13.1. The fraction of sp³-hybridized carbons (Fsp3) is 0.314. The van der Waals surface area contributed by atoms with Gasteiger partial charge in [-0.05, 0) is 73.3 Å². The van der Waals surface area contributed by atoms with Gasteiger partial charge < -0.3 is 19.4 Å². The number of aryl methyl sites for hydroxylation is 1. The molecular formula is C35H40FN7O3Si. The largest absolute Gasteiger partial charge is 0.497 e. The Bertz CT molecular complexity index is 2100. The standard InChI is InChI=1S/C35H40FN7O3Si/c1-23-12-13-42-31(23)35(44)43(28-10-8-7-9-11-28)33(40-42)24(2)39-32-30-26(16-25-17-27(36)19-29(18-25)45-3)20-41(34(30)38-21-37-32)22-46-14-15-47(4,5)6/h7-13,17-21,24H,14-16,22H2,1-6H3,(H,37,38,39). The van der Waals surface area contributed by atoms with Gasteiger partial charge in [0.05, 0.1) is 24.2 Å². The van der Waals surface area contributed by atoms with Crippen LogP contribution in [0.2, 0.25) is 25.7 Å². The predicted molar refractivity (Wildman–Crippen MR) is 185 cm³/mol. The molecule has 4 aromatic heterocycles. The number of fused-ring (bicyclic) bond motifs is 2. The third-order valence-corrected chi connectivity index (χ3v) is 9.89. The highest BCUT2D eigenvalue weighted by Crippen LogP contribution is 2.31. The molecule has 4 heterocycles. The van der Waals surface area contributed by atoms with Gasteiger partial charge in [0, 0.05) is 33.1 Å². The summed E-state index contributed by atoms with van der Waals surface area (Å²) in [6.45, 7) is 11.8. The molecule has 1 unspecified atom stereocenters. The van der Waals surface area contributed by atoms with Gasteiger partial charge in [-0.3, -0.25) is 9.36 Å². The first-order valence-corrected chi connectivity index (χ1v) is 19.4. The second-order valence-electron chi connectivity index (χ2n) is 13.1. The van der Waals surface area contributed by atoms with E-state index in [4.69, 9.17) is 14.6 Å². The molecule has 0 fully saturated rings. The monoisotopic (exact) mass is 653 g/mol. The maximum absolute atomic E-state index is 14.5. The number of para-hydroxylation sites is 1. The van der Waals surface area contributed by atoms with Crippen LogP contribution in [0.5, 0.6) is 5.75 Å². The summed E-state index contributed by atoms with van der Waals surface area (Å²) in [6, 6.07) is 16.7. The van der Waals surface area contributed by atoms with Crippen molar-refractivity contribution in [3.63, 3.8) is 0 Å². The number of nitrogens with one attached hydrogen (secondary N) is 1. The van der Waals surface area contributed by atoms with Gasteiger partial charge in [-0.1, -0.05) is 37.8 Å². The van der Waals surface area contributed by atoms with Crippen molar-refractivity contribution >= 4 is 30.4 Å². The third kappa shape index (κ3) is 6.84. The summed E-state index contributed by atoms with van der Waals surface area (Å²) in [6.07, 6.45) is 5.72. The van der Waals surface area contributed by atoms with E-state index in [0.29, 0.717) is 54.0 Å². The number of rotatable bonds is 12. The van der Waals surface area contributed by atoms with E-state index in [1.165, 1.54) is 25.6 Å². The number of benzene rings is 2. The first-order valence-electron chi connectivity index (χ1n) is 15.7. The zero-order valence-electron chi connectivity index (χ0n) is 27.6. The van der Waals surface area contributed by atoms with Crippen LogP contribution in [0.3, 0.4) is 0 Å². The molecule has 0 aliphatic heterocycles. The number of methoxy groups -OCH3 is 1. The van der Waals surface area contributed by atoms with Crippen LogP contribution < -0.4 is 15.6 Å². The molecule has 1 N–H and O–H groups in total. The first kappa shape index (κ1) is 32.1. The molecule has 244 valence electrons. The average Bonchev–Trinajstić information content (AvgIpc) is 3.59. The highest BCUT2D eigenvalue weighted by Gasteiger charge is 2.23. The lowest BCUT2D eigenvalue weighted by atomic mass is 10.0. The Morgan fingerprint density at radius 3 is 2.60 bits per heavy atom. The Morgan fingerprint density at radius 1 is 1.06 bits per heavy atom. The van der Waals surface area contributed by atoms with Crippen LogP contribution in [0, 0.1) is 12.7 Å². The first-order chi connectivity index (χ1) is 22.5. The molecule has 0 radical (unpaired) electrons. The van der Waals surface area contributed by atoms with Crippen LogP contribution in [0.15, 0.2) is 78.1 Å². The second-order valence-corrected chi connectivity index (χ2v) is 18.7. The number of nitrogens with zero attached hydrogens (tertiary/aromatic N) is 6. The maximum Gasteiger partial charge on any atom is 0.282 e. The Labute approximate surface area is 273 Å².